The number of nitrogens with one attached hydrogen (secondary N) is 2. The van der Waals surface area contributed by atoms with Crippen molar-refractivity contribution < 1.29 is 0 Å². The summed E-state index contributed by atoms with van der Waals surface area (Å²) < 4.78 is 0. The van der Waals surface area contributed by atoms with Gasteiger partial charge in [-0.2, -0.15) is 0 Å². The number of aromatic nitrogens is 1. The Kier molecular flexibility index (Phi) is 5.95. The number of rotatable bonds is 7. The zero-order valence-corrected chi connectivity index (χ0v) is 8.79. The van der Waals surface area contributed by atoms with Crippen LogP contribution in [0.4, 0.5) is 0 Å². The van der Waals surface area contributed by atoms with Gasteiger partial charge in [0.25, 0.3) is 0 Å². The predicted octanol–water partition coefficient (Wildman–Crippen LogP) is 0.823. The highest BCUT2D eigenvalue weighted by Crippen LogP contribution is 1.99. The van der Waals surface area contributed by atoms with Gasteiger partial charge < -0.3 is 10.6 Å². The monoisotopic (exact) mass is 193 g/mol. The number of hydrogen-bond donors (Lipinski definition) is 2. The van der Waals surface area contributed by atoms with Crippen LogP contribution in [0.15, 0.2) is 24.5 Å². The smallest absolute Gasteiger partial charge is 0.0270 e. The third-order valence-electron chi connectivity index (χ3n) is 2.12. The summed E-state index contributed by atoms with van der Waals surface area (Å²) in [5.41, 5.74) is 1.37. The van der Waals surface area contributed by atoms with Gasteiger partial charge in [0, 0.05) is 25.5 Å². The summed E-state index contributed by atoms with van der Waals surface area (Å²) in [7, 11) is 1.97. The van der Waals surface area contributed by atoms with Gasteiger partial charge in [-0.3, -0.25) is 4.98 Å². The maximum Gasteiger partial charge on any atom is 0.0270 e. The summed E-state index contributed by atoms with van der Waals surface area (Å²) in [4.78, 5) is 3.99. The molecular weight excluding hydrogens is 174 g/mol. The van der Waals surface area contributed by atoms with Crippen LogP contribution < -0.4 is 10.6 Å². The molecule has 0 aliphatic heterocycles. The molecule has 1 rings (SSSR count). The van der Waals surface area contributed by atoms with Crippen molar-refractivity contribution in [3.05, 3.63) is 30.1 Å². The molecular formula is C11H19N3. The first kappa shape index (κ1) is 11.1. The minimum Gasteiger partial charge on any atom is -0.318 e. The lowest BCUT2D eigenvalue weighted by atomic mass is 10.1. The van der Waals surface area contributed by atoms with Crippen molar-refractivity contribution in [1.82, 2.24) is 15.6 Å². The van der Waals surface area contributed by atoms with E-state index in [9.17, 15) is 0 Å². The van der Waals surface area contributed by atoms with E-state index in [0.717, 1.165) is 26.1 Å². The van der Waals surface area contributed by atoms with Crippen LogP contribution in [0, 0.1) is 0 Å². The molecule has 0 saturated heterocycles. The van der Waals surface area contributed by atoms with Gasteiger partial charge in [-0.15, -0.1) is 0 Å². The fourth-order valence-electron chi connectivity index (χ4n) is 1.31. The third-order valence-corrected chi connectivity index (χ3v) is 2.12. The lowest BCUT2D eigenvalue weighted by Crippen LogP contribution is -2.25. The first-order valence-electron chi connectivity index (χ1n) is 5.17. The van der Waals surface area contributed by atoms with Crippen LogP contribution in [0.5, 0.6) is 0 Å². The standard InChI is InChI=1S/C11H19N3/c1-12-9-10-13-6-2-3-11-4-7-14-8-5-11/h4-5,7-8,12-13H,2-3,6,9-10H2,1H3. The van der Waals surface area contributed by atoms with E-state index in [1.165, 1.54) is 12.0 Å². The number of hydrogen-bond acceptors (Lipinski definition) is 3. The van der Waals surface area contributed by atoms with Crippen LogP contribution in [0.2, 0.25) is 0 Å². The number of nitrogens with zero attached hydrogens (tertiary/aromatic N) is 1. The summed E-state index contributed by atoms with van der Waals surface area (Å²) in [5, 5.41) is 6.48. The summed E-state index contributed by atoms with van der Waals surface area (Å²) in [6.07, 6.45) is 6.02. The number of pyridine rings is 1. The fraction of sp³-hybridized carbons (Fsp3) is 0.545. The van der Waals surface area contributed by atoms with E-state index in [1.54, 1.807) is 0 Å². The Bertz CT molecular complexity index is 223. The zero-order valence-electron chi connectivity index (χ0n) is 8.79. The summed E-state index contributed by atoms with van der Waals surface area (Å²) >= 11 is 0. The van der Waals surface area contributed by atoms with E-state index in [0.29, 0.717) is 0 Å². The average Bonchev–Trinajstić information content (AvgIpc) is 2.25. The van der Waals surface area contributed by atoms with E-state index in [1.807, 2.05) is 19.4 Å². The molecule has 0 amide bonds. The third kappa shape index (κ3) is 4.94. The average molecular weight is 193 g/mol. The molecule has 3 heteroatoms. The topological polar surface area (TPSA) is 37.0 Å². The normalized spacial score (nSPS) is 10.4. The molecule has 0 saturated carbocycles. The SMILES string of the molecule is CNCCNCCCc1ccncc1. The van der Waals surface area contributed by atoms with Crippen LogP contribution in [0.3, 0.4) is 0 Å². The molecule has 78 valence electrons. The first-order chi connectivity index (χ1) is 6.93. The lowest BCUT2D eigenvalue weighted by molar-refractivity contribution is 0.624. The van der Waals surface area contributed by atoms with Gasteiger partial charge >= 0.3 is 0 Å². The van der Waals surface area contributed by atoms with Crippen LogP contribution in [-0.4, -0.2) is 31.7 Å². The van der Waals surface area contributed by atoms with Crippen LogP contribution >= 0.6 is 0 Å². The second kappa shape index (κ2) is 7.47. The quantitative estimate of drug-likeness (QED) is 0.630. The van der Waals surface area contributed by atoms with Gasteiger partial charge in [-0.1, -0.05) is 0 Å². The molecule has 14 heavy (non-hydrogen) atoms. The van der Waals surface area contributed by atoms with Gasteiger partial charge in [0.15, 0.2) is 0 Å². The Labute approximate surface area is 85.9 Å². The van der Waals surface area contributed by atoms with Crippen LogP contribution in [0.25, 0.3) is 0 Å². The molecule has 0 aliphatic rings. The molecule has 0 aromatic carbocycles. The van der Waals surface area contributed by atoms with E-state index in [-0.39, 0.29) is 0 Å². The first-order valence-corrected chi connectivity index (χ1v) is 5.17. The molecule has 1 aromatic heterocycles. The van der Waals surface area contributed by atoms with E-state index in [4.69, 9.17) is 0 Å². The van der Waals surface area contributed by atoms with Crippen molar-refractivity contribution in [2.45, 2.75) is 12.8 Å². The van der Waals surface area contributed by atoms with Gasteiger partial charge in [-0.05, 0) is 44.1 Å². The zero-order chi connectivity index (χ0) is 10.1. The summed E-state index contributed by atoms with van der Waals surface area (Å²) in [6, 6.07) is 4.15. The highest BCUT2D eigenvalue weighted by molar-refractivity contribution is 5.09. The second-order valence-corrected chi connectivity index (χ2v) is 3.31. The Morgan fingerprint density at radius 2 is 1.93 bits per heavy atom. The van der Waals surface area contributed by atoms with E-state index >= 15 is 0 Å². The van der Waals surface area contributed by atoms with Crippen molar-refractivity contribution in [3.63, 3.8) is 0 Å². The number of likely N-dealkylation sites (N-methyl/N-ethyl adjacent to an activating group) is 1. The van der Waals surface area contributed by atoms with Crippen molar-refractivity contribution >= 4 is 0 Å². The molecule has 0 fully saturated rings. The Morgan fingerprint density at radius 3 is 2.64 bits per heavy atom. The van der Waals surface area contributed by atoms with Crippen molar-refractivity contribution in [3.8, 4) is 0 Å². The molecule has 0 aliphatic carbocycles. The minimum absolute atomic E-state index is 1.04. The van der Waals surface area contributed by atoms with Gasteiger partial charge in [-0.25, -0.2) is 0 Å². The van der Waals surface area contributed by atoms with Crippen LogP contribution in [-0.2, 0) is 6.42 Å². The van der Waals surface area contributed by atoms with Crippen molar-refractivity contribution in [2.75, 3.05) is 26.7 Å². The summed E-state index contributed by atoms with van der Waals surface area (Å²) in [5.74, 6) is 0. The second-order valence-electron chi connectivity index (χ2n) is 3.31. The van der Waals surface area contributed by atoms with Gasteiger partial charge in [0.1, 0.15) is 0 Å². The molecule has 0 bridgehead atoms. The largest absolute Gasteiger partial charge is 0.318 e. The van der Waals surface area contributed by atoms with Gasteiger partial charge in [0.2, 0.25) is 0 Å². The fourth-order valence-corrected chi connectivity index (χ4v) is 1.31. The Hall–Kier alpha value is -0.930. The summed E-state index contributed by atoms with van der Waals surface area (Å²) in [6.45, 7) is 3.17. The molecule has 0 radical (unpaired) electrons. The van der Waals surface area contributed by atoms with E-state index in [2.05, 4.69) is 27.8 Å². The lowest BCUT2D eigenvalue weighted by Gasteiger charge is -2.03. The Morgan fingerprint density at radius 1 is 1.14 bits per heavy atom. The molecule has 1 heterocycles. The minimum atomic E-state index is 1.04. The highest BCUT2D eigenvalue weighted by atomic mass is 14.9. The van der Waals surface area contributed by atoms with Crippen LogP contribution in [0.1, 0.15) is 12.0 Å². The molecule has 0 unspecified atom stereocenters. The molecule has 1 aromatic rings. The predicted molar refractivity (Wildman–Crippen MR) is 59.4 cm³/mol. The maximum atomic E-state index is 3.99. The molecule has 0 spiro atoms. The molecule has 2 N–H and O–H groups in total. The molecule has 0 atom stereocenters. The molecule has 3 nitrogen and oxygen atoms in total. The number of aryl methyl sites for hydroxylation is 1. The van der Waals surface area contributed by atoms with Gasteiger partial charge in [0.05, 0.1) is 0 Å². The highest BCUT2D eigenvalue weighted by Gasteiger charge is 1.91. The van der Waals surface area contributed by atoms with Crippen molar-refractivity contribution in [2.24, 2.45) is 0 Å². The maximum absolute atomic E-state index is 3.99. The van der Waals surface area contributed by atoms with E-state index < -0.39 is 0 Å². The Balaban J connectivity index is 1.99. The van der Waals surface area contributed by atoms with Crippen molar-refractivity contribution in [1.29, 1.82) is 0 Å².